The highest BCUT2D eigenvalue weighted by molar-refractivity contribution is 5.86. The van der Waals surface area contributed by atoms with E-state index >= 15 is 0 Å². The molecule has 0 aromatic heterocycles. The summed E-state index contributed by atoms with van der Waals surface area (Å²) in [7, 11) is 4.83. The van der Waals surface area contributed by atoms with Gasteiger partial charge in [0.05, 0.1) is 79.1 Å². The van der Waals surface area contributed by atoms with Gasteiger partial charge in [-0.05, 0) is 36.4 Å². The molecule has 0 aliphatic carbocycles. The fourth-order valence-electron chi connectivity index (χ4n) is 5.07. The van der Waals surface area contributed by atoms with Crippen LogP contribution in [0, 0.1) is 0 Å². The van der Waals surface area contributed by atoms with Gasteiger partial charge in [-0.25, -0.2) is 0 Å². The first kappa shape index (κ1) is 47.6. The largest absolute Gasteiger partial charge is 0.504 e. The number of phenolic OH excluding ortho intramolecular Hbond substituents is 3. The second kappa shape index (κ2) is 30.3. The van der Waals surface area contributed by atoms with Crippen LogP contribution >= 0.6 is 0 Å². The molecule has 3 rings (SSSR count). The number of hydrogen-bond donors (Lipinski definition) is 3. The van der Waals surface area contributed by atoms with E-state index in [2.05, 4.69) is 19.9 Å². The third-order valence-electron chi connectivity index (χ3n) is 8.17. The van der Waals surface area contributed by atoms with Crippen LogP contribution in [0.5, 0.6) is 34.5 Å². The van der Waals surface area contributed by atoms with Crippen molar-refractivity contribution in [2.75, 3.05) is 140 Å². The monoisotopic (exact) mass is 812 g/mol. The molecule has 16 nitrogen and oxygen atoms in total. The third-order valence-corrected chi connectivity index (χ3v) is 8.17. The number of phenols is 3. The third kappa shape index (κ3) is 19.1. The number of para-hydroxylation sites is 3. The van der Waals surface area contributed by atoms with Gasteiger partial charge in [0.1, 0.15) is 19.8 Å². The minimum Gasteiger partial charge on any atom is -0.504 e. The Hall–Kier alpha value is -4.81. The maximum Gasteiger partial charge on any atom is 0.166 e. The minimum absolute atomic E-state index is 0.00457. The van der Waals surface area contributed by atoms with E-state index in [-0.39, 0.29) is 37.1 Å². The van der Waals surface area contributed by atoms with Crippen molar-refractivity contribution in [3.63, 3.8) is 0 Å². The predicted octanol–water partition coefficient (Wildman–Crippen LogP) is 3.89. The van der Waals surface area contributed by atoms with E-state index < -0.39 is 0 Å². The molecule has 0 saturated heterocycles. The Balaban J connectivity index is 1.59. The minimum atomic E-state index is 0.00457. The molecule has 0 aliphatic heterocycles. The molecule has 3 aromatic carbocycles. The standard InChI is InChI=1S/C42H60N4O12/c1-50-19-22-53-25-28-56-37-10-4-7-34(40(37)47)31-43-13-16-46(17-14-44-32-35-8-5-11-38(41(35)48)57-29-26-54-23-20-51-2)18-15-45-33-36-9-6-12-39(42(36)49)58-30-27-55-24-21-52-3/h4-12,31-33,47-49H,13-30H2,1-3H3. The molecule has 3 N–H and O–H groups in total. The van der Waals surface area contributed by atoms with Crippen LogP contribution in [-0.2, 0) is 28.4 Å². The fourth-order valence-corrected chi connectivity index (χ4v) is 5.07. The van der Waals surface area contributed by atoms with Crippen LogP contribution in [0.1, 0.15) is 16.7 Å². The first-order chi connectivity index (χ1) is 28.5. The van der Waals surface area contributed by atoms with Crippen molar-refractivity contribution in [1.82, 2.24) is 4.90 Å². The van der Waals surface area contributed by atoms with Crippen LogP contribution in [0.2, 0.25) is 0 Å². The lowest BCUT2D eigenvalue weighted by molar-refractivity contribution is 0.0540. The summed E-state index contributed by atoms with van der Waals surface area (Å²) in [6.45, 7) is 7.92. The summed E-state index contributed by atoms with van der Waals surface area (Å²) in [4.78, 5) is 15.9. The second-order valence-corrected chi connectivity index (χ2v) is 12.4. The maximum absolute atomic E-state index is 10.8. The molecule has 3 aromatic rings. The number of aromatic hydroxyl groups is 3. The van der Waals surface area contributed by atoms with E-state index in [0.717, 1.165) is 0 Å². The topological polar surface area (TPSA) is 184 Å². The van der Waals surface area contributed by atoms with Gasteiger partial charge in [0.15, 0.2) is 34.5 Å². The Morgan fingerprint density at radius 3 is 1.02 bits per heavy atom. The van der Waals surface area contributed by atoms with Gasteiger partial charge in [-0.15, -0.1) is 0 Å². The zero-order chi connectivity index (χ0) is 41.5. The molecule has 0 bridgehead atoms. The lowest BCUT2D eigenvalue weighted by Gasteiger charge is -2.19. The quantitative estimate of drug-likeness (QED) is 0.0596. The second-order valence-electron chi connectivity index (χ2n) is 12.4. The van der Waals surface area contributed by atoms with Crippen molar-refractivity contribution in [2.45, 2.75) is 0 Å². The Morgan fingerprint density at radius 1 is 0.431 bits per heavy atom. The van der Waals surface area contributed by atoms with Gasteiger partial charge in [0, 0.05) is 76.3 Å². The zero-order valence-electron chi connectivity index (χ0n) is 34.0. The summed E-state index contributed by atoms with van der Waals surface area (Å²) in [6.07, 6.45) is 4.87. The Morgan fingerprint density at radius 2 is 0.724 bits per heavy atom. The van der Waals surface area contributed by atoms with Gasteiger partial charge in [-0.3, -0.25) is 19.9 Å². The molecule has 0 radical (unpaired) electrons. The number of nitrogens with zero attached hydrogens (tertiary/aromatic N) is 4. The Kier molecular flexibility index (Phi) is 24.8. The van der Waals surface area contributed by atoms with E-state index in [1.54, 1.807) is 94.6 Å². The number of benzene rings is 3. The van der Waals surface area contributed by atoms with Crippen LogP contribution < -0.4 is 14.2 Å². The van der Waals surface area contributed by atoms with Gasteiger partial charge in [-0.1, -0.05) is 18.2 Å². The van der Waals surface area contributed by atoms with E-state index in [1.807, 2.05) is 0 Å². The molecule has 0 fully saturated rings. The van der Waals surface area contributed by atoms with Crippen LogP contribution in [0.15, 0.2) is 69.6 Å². The van der Waals surface area contributed by atoms with Gasteiger partial charge < -0.3 is 58.0 Å². The summed E-state index contributed by atoms with van der Waals surface area (Å²) in [6, 6.07) is 15.8. The lowest BCUT2D eigenvalue weighted by atomic mass is 10.2. The van der Waals surface area contributed by atoms with Crippen molar-refractivity contribution in [2.24, 2.45) is 15.0 Å². The molecule has 58 heavy (non-hydrogen) atoms. The number of hydrogen-bond acceptors (Lipinski definition) is 16. The molecule has 0 unspecified atom stereocenters. The summed E-state index contributed by atoms with van der Waals surface area (Å²) in [5.41, 5.74) is 1.61. The van der Waals surface area contributed by atoms with Gasteiger partial charge in [0.2, 0.25) is 0 Å². The number of aliphatic imine (C=N–C) groups is 3. The molecular formula is C42H60N4O12. The molecule has 0 amide bonds. The first-order valence-electron chi connectivity index (χ1n) is 19.2. The fraction of sp³-hybridized carbons (Fsp3) is 0.500. The summed E-state index contributed by atoms with van der Waals surface area (Å²) < 4.78 is 48.3. The average Bonchev–Trinajstić information content (AvgIpc) is 3.23. The first-order valence-corrected chi connectivity index (χ1v) is 19.2. The van der Waals surface area contributed by atoms with Crippen molar-refractivity contribution in [1.29, 1.82) is 0 Å². The van der Waals surface area contributed by atoms with E-state index in [1.165, 1.54) is 0 Å². The van der Waals surface area contributed by atoms with E-state index in [0.29, 0.717) is 133 Å². The van der Waals surface area contributed by atoms with Crippen molar-refractivity contribution in [3.8, 4) is 34.5 Å². The SMILES string of the molecule is COCCOCCOc1cccc(C=NCCN(CCN=Cc2cccc(OCCOCCOC)c2O)CCN=Cc2cccc(OCCOCCOC)c2O)c1O. The molecule has 0 spiro atoms. The summed E-state index contributed by atoms with van der Waals surface area (Å²) in [5, 5.41) is 32.3. The van der Waals surface area contributed by atoms with Crippen LogP contribution in [-0.4, -0.2) is 179 Å². The smallest absolute Gasteiger partial charge is 0.166 e. The normalized spacial score (nSPS) is 11.8. The van der Waals surface area contributed by atoms with Gasteiger partial charge in [0.25, 0.3) is 0 Å². The highest BCUT2D eigenvalue weighted by atomic mass is 16.6. The van der Waals surface area contributed by atoms with Gasteiger partial charge >= 0.3 is 0 Å². The van der Waals surface area contributed by atoms with Crippen molar-refractivity contribution in [3.05, 3.63) is 71.3 Å². The highest BCUT2D eigenvalue weighted by Gasteiger charge is 2.10. The number of methoxy groups -OCH3 is 3. The van der Waals surface area contributed by atoms with Crippen molar-refractivity contribution >= 4 is 18.6 Å². The Labute approximate surface area is 341 Å². The van der Waals surface area contributed by atoms with E-state index in [4.69, 9.17) is 42.6 Å². The molecule has 0 aliphatic rings. The zero-order valence-corrected chi connectivity index (χ0v) is 34.0. The molecule has 0 saturated carbocycles. The molecule has 320 valence electrons. The number of ether oxygens (including phenoxy) is 9. The lowest BCUT2D eigenvalue weighted by Crippen LogP contribution is -2.31. The van der Waals surface area contributed by atoms with Crippen molar-refractivity contribution < 1.29 is 58.0 Å². The highest BCUT2D eigenvalue weighted by Crippen LogP contribution is 2.30. The summed E-state index contributed by atoms with van der Waals surface area (Å²) >= 11 is 0. The van der Waals surface area contributed by atoms with Crippen LogP contribution in [0.3, 0.4) is 0 Å². The average molecular weight is 813 g/mol. The number of rotatable bonds is 33. The van der Waals surface area contributed by atoms with Crippen LogP contribution in [0.4, 0.5) is 0 Å². The molecule has 16 heteroatoms. The predicted molar refractivity (Wildman–Crippen MR) is 223 cm³/mol. The molecule has 0 heterocycles. The molecule has 0 atom stereocenters. The van der Waals surface area contributed by atoms with Crippen LogP contribution in [0.25, 0.3) is 0 Å². The summed E-state index contributed by atoms with van der Waals surface area (Å²) in [5.74, 6) is 1.06. The Bertz CT molecular complexity index is 1450. The maximum atomic E-state index is 10.8. The van der Waals surface area contributed by atoms with E-state index in [9.17, 15) is 15.3 Å². The molecular weight excluding hydrogens is 752 g/mol. The van der Waals surface area contributed by atoms with Gasteiger partial charge in [-0.2, -0.15) is 0 Å².